The average molecular weight is 227 g/mol. The van der Waals surface area contributed by atoms with Crippen molar-refractivity contribution in [1.82, 2.24) is 0 Å². The number of rotatable bonds is 3. The largest absolute Gasteiger partial charge is 0.481 e. The number of benzene rings is 2. The maximum Gasteiger partial charge on any atom is 0.307 e. The van der Waals surface area contributed by atoms with E-state index in [1.165, 1.54) is 0 Å². The van der Waals surface area contributed by atoms with Crippen LogP contribution in [-0.4, -0.2) is 11.1 Å². The standard InChI is InChI=1S/C14H13NO2/c15-13-9-8-10(4-3-7-14(16)17)11-5-1-2-6-12(11)13/h1-6,8-9H,7,15H2,(H,16,17). The van der Waals surface area contributed by atoms with Crippen LogP contribution in [0.4, 0.5) is 5.69 Å². The normalized spacial score (nSPS) is 11.1. The quantitative estimate of drug-likeness (QED) is 0.792. The molecule has 0 heterocycles. The number of carbonyl (C=O) groups is 1. The van der Waals surface area contributed by atoms with Crippen LogP contribution < -0.4 is 5.73 Å². The summed E-state index contributed by atoms with van der Waals surface area (Å²) in [4.78, 5) is 10.4. The molecule has 2 aromatic carbocycles. The van der Waals surface area contributed by atoms with Gasteiger partial charge in [0.1, 0.15) is 0 Å². The highest BCUT2D eigenvalue weighted by Gasteiger charge is 2.00. The summed E-state index contributed by atoms with van der Waals surface area (Å²) < 4.78 is 0. The molecule has 0 bridgehead atoms. The number of carboxylic acid groups (broad SMARTS) is 1. The minimum Gasteiger partial charge on any atom is -0.481 e. The predicted molar refractivity (Wildman–Crippen MR) is 69.6 cm³/mol. The van der Waals surface area contributed by atoms with Crippen molar-refractivity contribution >= 4 is 28.5 Å². The Bertz CT molecular complexity index is 588. The van der Waals surface area contributed by atoms with Gasteiger partial charge in [0.15, 0.2) is 0 Å². The lowest BCUT2D eigenvalue weighted by Crippen LogP contribution is -1.90. The molecular formula is C14H13NO2. The van der Waals surface area contributed by atoms with Gasteiger partial charge in [0.25, 0.3) is 0 Å². The van der Waals surface area contributed by atoms with Crippen molar-refractivity contribution in [2.45, 2.75) is 6.42 Å². The van der Waals surface area contributed by atoms with Gasteiger partial charge in [0.05, 0.1) is 6.42 Å². The van der Waals surface area contributed by atoms with Crippen molar-refractivity contribution in [3.8, 4) is 0 Å². The molecule has 0 aliphatic rings. The molecule has 0 aliphatic heterocycles. The molecule has 0 unspecified atom stereocenters. The Labute approximate surface area is 99.2 Å². The summed E-state index contributed by atoms with van der Waals surface area (Å²) >= 11 is 0. The van der Waals surface area contributed by atoms with Crippen LogP contribution in [0.5, 0.6) is 0 Å². The fraction of sp³-hybridized carbons (Fsp3) is 0.0714. The molecule has 86 valence electrons. The van der Waals surface area contributed by atoms with Crippen LogP contribution in [0.25, 0.3) is 16.8 Å². The summed E-state index contributed by atoms with van der Waals surface area (Å²) in [6, 6.07) is 11.5. The van der Waals surface area contributed by atoms with Gasteiger partial charge in [-0.05, 0) is 17.0 Å². The number of fused-ring (bicyclic) bond motifs is 1. The molecule has 0 aliphatic carbocycles. The molecule has 0 aromatic heterocycles. The zero-order valence-electron chi connectivity index (χ0n) is 9.26. The molecule has 3 N–H and O–H groups in total. The Hall–Kier alpha value is -2.29. The minimum atomic E-state index is -0.832. The molecule has 17 heavy (non-hydrogen) atoms. The lowest BCUT2D eigenvalue weighted by molar-refractivity contribution is -0.135. The third-order valence-corrected chi connectivity index (χ3v) is 2.58. The first-order chi connectivity index (χ1) is 8.18. The van der Waals surface area contributed by atoms with E-state index in [0.29, 0.717) is 0 Å². The monoisotopic (exact) mass is 227 g/mol. The van der Waals surface area contributed by atoms with Gasteiger partial charge in [-0.2, -0.15) is 0 Å². The molecule has 3 heteroatoms. The van der Waals surface area contributed by atoms with E-state index >= 15 is 0 Å². The maximum absolute atomic E-state index is 10.4. The van der Waals surface area contributed by atoms with E-state index in [-0.39, 0.29) is 6.42 Å². The van der Waals surface area contributed by atoms with Crippen LogP contribution in [0.3, 0.4) is 0 Å². The topological polar surface area (TPSA) is 63.3 Å². The third-order valence-electron chi connectivity index (χ3n) is 2.58. The van der Waals surface area contributed by atoms with E-state index in [9.17, 15) is 4.79 Å². The Balaban J connectivity index is 2.45. The van der Waals surface area contributed by atoms with Gasteiger partial charge in [-0.25, -0.2) is 0 Å². The molecule has 0 saturated heterocycles. The SMILES string of the molecule is Nc1ccc(C=CCC(=O)O)c2ccccc12. The summed E-state index contributed by atoms with van der Waals surface area (Å²) in [5.41, 5.74) is 7.60. The molecule has 3 nitrogen and oxygen atoms in total. The number of aliphatic carboxylic acids is 1. The van der Waals surface area contributed by atoms with Gasteiger partial charge in [0, 0.05) is 11.1 Å². The predicted octanol–water partition coefficient (Wildman–Crippen LogP) is 2.91. The van der Waals surface area contributed by atoms with E-state index < -0.39 is 5.97 Å². The van der Waals surface area contributed by atoms with E-state index in [4.69, 9.17) is 10.8 Å². The fourth-order valence-corrected chi connectivity index (χ4v) is 1.78. The highest BCUT2D eigenvalue weighted by molar-refractivity contribution is 5.98. The van der Waals surface area contributed by atoms with Crippen LogP contribution in [0.1, 0.15) is 12.0 Å². The van der Waals surface area contributed by atoms with Crippen molar-refractivity contribution in [3.05, 3.63) is 48.0 Å². The van der Waals surface area contributed by atoms with E-state index in [1.54, 1.807) is 6.08 Å². The zero-order chi connectivity index (χ0) is 12.3. The van der Waals surface area contributed by atoms with Gasteiger partial charge in [0.2, 0.25) is 0 Å². The molecule has 0 spiro atoms. The van der Waals surface area contributed by atoms with Crippen molar-refractivity contribution in [2.24, 2.45) is 0 Å². The molecule has 0 saturated carbocycles. The zero-order valence-corrected chi connectivity index (χ0v) is 9.26. The first-order valence-electron chi connectivity index (χ1n) is 5.34. The number of nitrogens with two attached hydrogens (primary N) is 1. The number of nitrogen functional groups attached to an aromatic ring is 1. The number of hydrogen-bond acceptors (Lipinski definition) is 2. The summed E-state index contributed by atoms with van der Waals surface area (Å²) in [6.45, 7) is 0. The van der Waals surface area contributed by atoms with Crippen molar-refractivity contribution in [1.29, 1.82) is 0 Å². The second kappa shape index (κ2) is 4.70. The fourth-order valence-electron chi connectivity index (χ4n) is 1.78. The molecule has 2 aromatic rings. The van der Waals surface area contributed by atoms with E-state index in [1.807, 2.05) is 42.5 Å². The highest BCUT2D eigenvalue weighted by atomic mass is 16.4. The highest BCUT2D eigenvalue weighted by Crippen LogP contribution is 2.25. The molecular weight excluding hydrogens is 214 g/mol. The second-order valence-electron chi connectivity index (χ2n) is 3.79. The molecule has 0 radical (unpaired) electrons. The van der Waals surface area contributed by atoms with Crippen LogP contribution in [0.15, 0.2) is 42.5 Å². The minimum absolute atomic E-state index is 0.0265. The van der Waals surface area contributed by atoms with Crippen molar-refractivity contribution < 1.29 is 9.90 Å². The van der Waals surface area contributed by atoms with Gasteiger partial charge in [-0.3, -0.25) is 4.79 Å². The van der Waals surface area contributed by atoms with Crippen LogP contribution in [0, 0.1) is 0 Å². The van der Waals surface area contributed by atoms with Crippen LogP contribution >= 0.6 is 0 Å². The van der Waals surface area contributed by atoms with Gasteiger partial charge in [-0.1, -0.05) is 42.5 Å². The van der Waals surface area contributed by atoms with E-state index in [0.717, 1.165) is 22.0 Å². The molecule has 0 fully saturated rings. The molecule has 2 rings (SSSR count). The Morgan fingerprint density at radius 1 is 1.18 bits per heavy atom. The molecule has 0 atom stereocenters. The van der Waals surface area contributed by atoms with Gasteiger partial charge in [-0.15, -0.1) is 0 Å². The molecule has 0 amide bonds. The van der Waals surface area contributed by atoms with E-state index in [2.05, 4.69) is 0 Å². The van der Waals surface area contributed by atoms with Crippen LogP contribution in [0.2, 0.25) is 0 Å². The van der Waals surface area contributed by atoms with Crippen molar-refractivity contribution in [3.63, 3.8) is 0 Å². The first-order valence-corrected chi connectivity index (χ1v) is 5.34. The summed E-state index contributed by atoms with van der Waals surface area (Å²) in [6.07, 6.45) is 3.48. The Morgan fingerprint density at radius 2 is 1.88 bits per heavy atom. The van der Waals surface area contributed by atoms with Gasteiger partial charge < -0.3 is 10.8 Å². The lowest BCUT2D eigenvalue weighted by Gasteiger charge is -2.05. The maximum atomic E-state index is 10.4. The lowest BCUT2D eigenvalue weighted by atomic mass is 10.0. The average Bonchev–Trinajstić information content (AvgIpc) is 2.32. The second-order valence-corrected chi connectivity index (χ2v) is 3.79. The Kier molecular flexibility index (Phi) is 3.10. The first kappa shape index (κ1) is 11.2. The van der Waals surface area contributed by atoms with Crippen molar-refractivity contribution in [2.75, 3.05) is 5.73 Å². The summed E-state index contributed by atoms with van der Waals surface area (Å²) in [7, 11) is 0. The number of anilines is 1. The number of carboxylic acids is 1. The summed E-state index contributed by atoms with van der Waals surface area (Å²) in [5, 5.41) is 10.6. The number of hydrogen-bond donors (Lipinski definition) is 2. The smallest absolute Gasteiger partial charge is 0.307 e. The van der Waals surface area contributed by atoms with Gasteiger partial charge >= 0.3 is 5.97 Å². The third kappa shape index (κ3) is 2.45. The summed E-state index contributed by atoms with van der Waals surface area (Å²) in [5.74, 6) is -0.832. The Morgan fingerprint density at radius 3 is 2.59 bits per heavy atom. The van der Waals surface area contributed by atoms with Crippen LogP contribution in [-0.2, 0) is 4.79 Å².